The highest BCUT2D eigenvalue weighted by atomic mass is 35.5. The van der Waals surface area contributed by atoms with Gasteiger partial charge in [-0.15, -0.1) is 24.2 Å². The highest BCUT2D eigenvalue weighted by Gasteiger charge is 2.13. The van der Waals surface area contributed by atoms with E-state index in [-0.39, 0.29) is 23.6 Å². The number of H-pyrrole nitrogens is 1. The van der Waals surface area contributed by atoms with E-state index in [4.69, 9.17) is 5.73 Å². The zero-order chi connectivity index (χ0) is 15.2. The Morgan fingerprint density at radius 3 is 2.82 bits per heavy atom. The molecule has 0 aliphatic rings. The Labute approximate surface area is 141 Å². The van der Waals surface area contributed by atoms with E-state index in [0.29, 0.717) is 24.8 Å². The summed E-state index contributed by atoms with van der Waals surface area (Å²) in [5.41, 5.74) is 7.51. The van der Waals surface area contributed by atoms with Crippen LogP contribution in [0.4, 0.5) is 0 Å². The molecule has 0 saturated carbocycles. The second kappa shape index (κ2) is 9.02. The Hall–Kier alpha value is -1.24. The molecule has 2 aromatic rings. The molecule has 5 nitrogen and oxygen atoms in total. The fourth-order valence-electron chi connectivity index (χ4n) is 1.87. The average molecular weight is 343 g/mol. The van der Waals surface area contributed by atoms with Crippen molar-refractivity contribution in [3.8, 4) is 0 Å². The zero-order valence-corrected chi connectivity index (χ0v) is 14.5. The van der Waals surface area contributed by atoms with Crippen molar-refractivity contribution >= 4 is 41.1 Å². The highest BCUT2D eigenvalue weighted by molar-refractivity contribution is 8.00. The molecule has 1 amide bonds. The Bertz CT molecular complexity index is 571. The Balaban J connectivity index is 0.00000242. The van der Waals surface area contributed by atoms with Crippen LogP contribution in [0.1, 0.15) is 24.9 Å². The van der Waals surface area contributed by atoms with Crippen LogP contribution in [-0.2, 0) is 4.79 Å². The van der Waals surface area contributed by atoms with E-state index in [1.54, 1.807) is 11.8 Å². The number of aromatic amines is 1. The molecule has 2 rings (SSSR count). The van der Waals surface area contributed by atoms with Crippen LogP contribution in [0.25, 0.3) is 11.0 Å². The average Bonchev–Trinajstić information content (AvgIpc) is 2.94. The third-order valence-electron chi connectivity index (χ3n) is 3.31. The third kappa shape index (κ3) is 5.19. The number of benzene rings is 1. The summed E-state index contributed by atoms with van der Waals surface area (Å²) in [4.78, 5) is 19.6. The predicted molar refractivity (Wildman–Crippen MR) is 95.4 cm³/mol. The minimum Gasteiger partial charge on any atom is -0.355 e. The molecule has 2 atom stereocenters. The number of para-hydroxylation sites is 2. The number of nitrogens with two attached hydrogens (primary N) is 1. The van der Waals surface area contributed by atoms with Gasteiger partial charge in [0.1, 0.15) is 5.82 Å². The SMILES string of the molecule is CC(CN)CNC(=O)CSC(C)c1nc2ccccc2[nH]1.Cl. The number of fused-ring (bicyclic) bond motifs is 1. The number of rotatable bonds is 7. The summed E-state index contributed by atoms with van der Waals surface area (Å²) < 4.78 is 0. The van der Waals surface area contributed by atoms with Gasteiger partial charge in [0, 0.05) is 6.54 Å². The fourth-order valence-corrected chi connectivity index (χ4v) is 2.64. The van der Waals surface area contributed by atoms with E-state index in [9.17, 15) is 4.79 Å². The summed E-state index contributed by atoms with van der Waals surface area (Å²) in [5.74, 6) is 1.69. The first-order chi connectivity index (χ1) is 10.1. The van der Waals surface area contributed by atoms with Gasteiger partial charge in [-0.3, -0.25) is 4.79 Å². The lowest BCUT2D eigenvalue weighted by Gasteiger charge is -2.11. The number of nitrogens with zero attached hydrogens (tertiary/aromatic N) is 1. The molecule has 0 fully saturated rings. The Morgan fingerprint density at radius 2 is 2.14 bits per heavy atom. The van der Waals surface area contributed by atoms with Gasteiger partial charge in [-0.2, -0.15) is 0 Å². The molecule has 1 aromatic heterocycles. The minimum absolute atomic E-state index is 0. The van der Waals surface area contributed by atoms with Gasteiger partial charge in [0.05, 0.1) is 22.0 Å². The van der Waals surface area contributed by atoms with Gasteiger partial charge >= 0.3 is 0 Å². The van der Waals surface area contributed by atoms with Crippen LogP contribution in [0, 0.1) is 5.92 Å². The number of thioether (sulfide) groups is 1. The Kier molecular flexibility index (Phi) is 7.72. The summed E-state index contributed by atoms with van der Waals surface area (Å²) in [6.45, 7) is 5.29. The standard InChI is InChI=1S/C15H22N4OS.ClH/c1-10(7-16)8-17-14(20)9-21-11(2)15-18-12-5-3-4-6-13(12)19-15;/h3-6,10-11H,7-9,16H2,1-2H3,(H,17,20)(H,18,19);1H. The molecule has 4 N–H and O–H groups in total. The second-order valence-electron chi connectivity index (χ2n) is 5.24. The van der Waals surface area contributed by atoms with Gasteiger partial charge in [0.25, 0.3) is 0 Å². The molecule has 1 heterocycles. The number of carbonyl (C=O) groups is 1. The van der Waals surface area contributed by atoms with Gasteiger partial charge < -0.3 is 16.0 Å². The predicted octanol–water partition coefficient (Wildman–Crippen LogP) is 2.49. The smallest absolute Gasteiger partial charge is 0.230 e. The summed E-state index contributed by atoms with van der Waals surface area (Å²) in [5, 5.41) is 3.04. The van der Waals surface area contributed by atoms with Crippen molar-refractivity contribution in [2.24, 2.45) is 11.7 Å². The van der Waals surface area contributed by atoms with Crippen LogP contribution in [0.2, 0.25) is 0 Å². The van der Waals surface area contributed by atoms with Crippen LogP contribution in [0.5, 0.6) is 0 Å². The van der Waals surface area contributed by atoms with E-state index in [1.807, 2.05) is 31.2 Å². The first kappa shape index (κ1) is 18.8. The second-order valence-corrected chi connectivity index (χ2v) is 6.57. The van der Waals surface area contributed by atoms with Gasteiger partial charge in [-0.25, -0.2) is 4.98 Å². The first-order valence-corrected chi connectivity index (χ1v) is 8.18. The maximum atomic E-state index is 11.8. The van der Waals surface area contributed by atoms with Crippen molar-refractivity contribution in [3.05, 3.63) is 30.1 Å². The number of aromatic nitrogens is 2. The molecule has 2 unspecified atom stereocenters. The van der Waals surface area contributed by atoms with Crippen molar-refractivity contribution in [1.82, 2.24) is 15.3 Å². The maximum Gasteiger partial charge on any atom is 0.230 e. The fraction of sp³-hybridized carbons (Fsp3) is 0.467. The van der Waals surface area contributed by atoms with Gasteiger partial charge in [-0.05, 0) is 31.5 Å². The number of hydrogen-bond donors (Lipinski definition) is 3. The number of hydrogen-bond acceptors (Lipinski definition) is 4. The number of nitrogens with one attached hydrogen (secondary N) is 2. The van der Waals surface area contributed by atoms with Crippen LogP contribution < -0.4 is 11.1 Å². The molecule has 0 aliphatic heterocycles. The highest BCUT2D eigenvalue weighted by Crippen LogP contribution is 2.27. The third-order valence-corrected chi connectivity index (χ3v) is 4.46. The molecule has 22 heavy (non-hydrogen) atoms. The van der Waals surface area contributed by atoms with Gasteiger partial charge in [0.2, 0.25) is 5.91 Å². The summed E-state index contributed by atoms with van der Waals surface area (Å²) in [6, 6.07) is 7.93. The molecule has 0 saturated heterocycles. The lowest BCUT2D eigenvalue weighted by Crippen LogP contribution is -2.32. The quantitative estimate of drug-likeness (QED) is 0.721. The summed E-state index contributed by atoms with van der Waals surface area (Å²) in [7, 11) is 0. The van der Waals surface area contributed by atoms with Crippen LogP contribution >= 0.6 is 24.2 Å². The maximum absolute atomic E-state index is 11.8. The van der Waals surface area contributed by atoms with Crippen LogP contribution in [0.15, 0.2) is 24.3 Å². The number of carbonyl (C=O) groups excluding carboxylic acids is 1. The van der Waals surface area contributed by atoms with Crippen molar-refractivity contribution in [2.45, 2.75) is 19.1 Å². The van der Waals surface area contributed by atoms with Crippen molar-refractivity contribution < 1.29 is 4.79 Å². The largest absolute Gasteiger partial charge is 0.355 e. The molecule has 0 radical (unpaired) electrons. The normalized spacial score (nSPS) is 13.4. The number of amides is 1. The lowest BCUT2D eigenvalue weighted by atomic mass is 10.2. The van der Waals surface area contributed by atoms with Crippen LogP contribution in [-0.4, -0.2) is 34.7 Å². The van der Waals surface area contributed by atoms with E-state index in [2.05, 4.69) is 22.2 Å². The van der Waals surface area contributed by atoms with Crippen molar-refractivity contribution in [3.63, 3.8) is 0 Å². The monoisotopic (exact) mass is 342 g/mol. The van der Waals surface area contributed by atoms with E-state index >= 15 is 0 Å². The Morgan fingerprint density at radius 1 is 1.41 bits per heavy atom. The molecule has 0 bridgehead atoms. The van der Waals surface area contributed by atoms with Gasteiger partial charge in [0.15, 0.2) is 0 Å². The molecular formula is C15H23ClN4OS. The van der Waals surface area contributed by atoms with E-state index < -0.39 is 0 Å². The van der Waals surface area contributed by atoms with Crippen molar-refractivity contribution in [2.75, 3.05) is 18.8 Å². The van der Waals surface area contributed by atoms with Gasteiger partial charge in [-0.1, -0.05) is 19.1 Å². The topological polar surface area (TPSA) is 83.8 Å². The number of imidazole rings is 1. The summed E-state index contributed by atoms with van der Waals surface area (Å²) >= 11 is 1.58. The lowest BCUT2D eigenvalue weighted by molar-refractivity contribution is -0.118. The van der Waals surface area contributed by atoms with Crippen LogP contribution in [0.3, 0.4) is 0 Å². The van der Waals surface area contributed by atoms with E-state index in [1.165, 1.54) is 0 Å². The molecule has 1 aromatic carbocycles. The summed E-state index contributed by atoms with van der Waals surface area (Å²) in [6.07, 6.45) is 0. The molecule has 0 aliphatic carbocycles. The molecular weight excluding hydrogens is 320 g/mol. The first-order valence-electron chi connectivity index (χ1n) is 7.13. The number of halogens is 1. The molecule has 122 valence electrons. The molecule has 7 heteroatoms. The zero-order valence-electron chi connectivity index (χ0n) is 12.8. The minimum atomic E-state index is 0. The van der Waals surface area contributed by atoms with E-state index in [0.717, 1.165) is 16.9 Å². The molecule has 0 spiro atoms. The van der Waals surface area contributed by atoms with Crippen molar-refractivity contribution in [1.29, 1.82) is 0 Å².